The molecule has 0 saturated heterocycles. The summed E-state index contributed by atoms with van der Waals surface area (Å²) in [6, 6.07) is 17.5. The smallest absolute Gasteiger partial charge is 0.190 e. The van der Waals surface area contributed by atoms with Crippen molar-refractivity contribution in [3.8, 4) is 17.6 Å². The van der Waals surface area contributed by atoms with Crippen molar-refractivity contribution in [1.82, 2.24) is 9.97 Å². The molecule has 0 fully saturated rings. The zero-order chi connectivity index (χ0) is 19.9. The first kappa shape index (κ1) is 19.5. The average Bonchev–Trinajstić information content (AvgIpc) is 2.71. The highest BCUT2D eigenvalue weighted by atomic mass is 32.2. The number of aromatic nitrogens is 2. The van der Waals surface area contributed by atoms with E-state index in [4.69, 9.17) is 15.2 Å². The van der Waals surface area contributed by atoms with E-state index in [-0.39, 0.29) is 18.0 Å². The molecule has 0 unspecified atom stereocenters. The van der Waals surface area contributed by atoms with Gasteiger partial charge in [0.05, 0.1) is 7.11 Å². The van der Waals surface area contributed by atoms with Crippen LogP contribution in [0.2, 0.25) is 0 Å². The Labute approximate surface area is 168 Å². The number of methoxy groups -OCH3 is 1. The summed E-state index contributed by atoms with van der Waals surface area (Å²) in [5, 5.41) is 9.92. The van der Waals surface area contributed by atoms with Crippen LogP contribution in [0.4, 0.5) is 5.82 Å². The first-order valence-electron chi connectivity index (χ1n) is 8.60. The number of nitriles is 1. The second kappa shape index (κ2) is 9.11. The van der Waals surface area contributed by atoms with Crippen molar-refractivity contribution in [3.05, 3.63) is 70.9 Å². The van der Waals surface area contributed by atoms with Gasteiger partial charge in [0.1, 0.15) is 41.3 Å². The lowest BCUT2D eigenvalue weighted by molar-refractivity contribution is 0.299. The maximum atomic E-state index is 9.41. The third kappa shape index (κ3) is 4.93. The van der Waals surface area contributed by atoms with Crippen LogP contribution in [0.1, 0.15) is 22.4 Å². The van der Waals surface area contributed by atoms with E-state index < -0.39 is 0 Å². The van der Waals surface area contributed by atoms with Gasteiger partial charge in [-0.15, -0.1) is 0 Å². The average molecular weight is 392 g/mol. The Balaban J connectivity index is 1.74. The van der Waals surface area contributed by atoms with E-state index in [1.807, 2.05) is 6.07 Å². The van der Waals surface area contributed by atoms with Gasteiger partial charge in [-0.25, -0.2) is 9.97 Å². The van der Waals surface area contributed by atoms with Crippen LogP contribution in [0.5, 0.6) is 11.5 Å². The third-order valence-electron chi connectivity index (χ3n) is 3.99. The number of thioether (sulfide) groups is 1. The molecule has 0 spiro atoms. The Hall–Kier alpha value is -3.24. The van der Waals surface area contributed by atoms with E-state index >= 15 is 0 Å². The number of anilines is 1. The maximum Gasteiger partial charge on any atom is 0.190 e. The van der Waals surface area contributed by atoms with Crippen molar-refractivity contribution in [1.29, 1.82) is 5.26 Å². The molecule has 0 aliphatic heterocycles. The van der Waals surface area contributed by atoms with E-state index in [0.29, 0.717) is 22.4 Å². The topological polar surface area (TPSA) is 94.1 Å². The summed E-state index contributed by atoms with van der Waals surface area (Å²) in [7, 11) is 1.61. The Bertz CT molecular complexity index is 1000. The second-order valence-corrected chi connectivity index (χ2v) is 7.01. The minimum atomic E-state index is 0.125. The van der Waals surface area contributed by atoms with Crippen LogP contribution in [0.15, 0.2) is 53.7 Å². The van der Waals surface area contributed by atoms with Crippen molar-refractivity contribution in [3.63, 3.8) is 0 Å². The Kier molecular flexibility index (Phi) is 6.35. The van der Waals surface area contributed by atoms with Crippen LogP contribution in [-0.4, -0.2) is 17.1 Å². The molecule has 0 saturated carbocycles. The largest absolute Gasteiger partial charge is 0.497 e. The van der Waals surface area contributed by atoms with Gasteiger partial charge in [0.2, 0.25) is 0 Å². The lowest BCUT2D eigenvalue weighted by Gasteiger charge is -2.10. The fourth-order valence-corrected chi connectivity index (χ4v) is 3.38. The van der Waals surface area contributed by atoms with E-state index in [0.717, 1.165) is 5.75 Å². The van der Waals surface area contributed by atoms with Gasteiger partial charge in [0, 0.05) is 5.75 Å². The fraction of sp³-hybridized carbons (Fsp3) is 0.190. The second-order valence-electron chi connectivity index (χ2n) is 6.07. The predicted molar refractivity (Wildman–Crippen MR) is 109 cm³/mol. The molecule has 2 aromatic carbocycles. The van der Waals surface area contributed by atoms with Crippen LogP contribution in [0, 0.1) is 18.3 Å². The molecule has 6 nitrogen and oxygen atoms in total. The SMILES string of the molecule is COc1ccc(OCc2nc(SCc3cccc(C)c3)nc(N)c2C#N)cc1. The minimum absolute atomic E-state index is 0.125. The summed E-state index contributed by atoms with van der Waals surface area (Å²) in [4.78, 5) is 8.75. The summed E-state index contributed by atoms with van der Waals surface area (Å²) in [5.74, 6) is 2.27. The van der Waals surface area contributed by atoms with E-state index in [2.05, 4.69) is 41.2 Å². The molecule has 0 aliphatic rings. The quantitative estimate of drug-likeness (QED) is 0.477. The van der Waals surface area contributed by atoms with Crippen molar-refractivity contribution < 1.29 is 9.47 Å². The van der Waals surface area contributed by atoms with Crippen LogP contribution in [-0.2, 0) is 12.4 Å². The molecule has 0 atom stereocenters. The van der Waals surface area contributed by atoms with E-state index in [9.17, 15) is 5.26 Å². The number of hydrogen-bond acceptors (Lipinski definition) is 7. The van der Waals surface area contributed by atoms with Crippen molar-refractivity contribution in [2.24, 2.45) is 0 Å². The molecule has 3 rings (SSSR count). The highest BCUT2D eigenvalue weighted by Crippen LogP contribution is 2.25. The molecular weight excluding hydrogens is 372 g/mol. The number of rotatable bonds is 7. The first-order valence-corrected chi connectivity index (χ1v) is 9.59. The molecule has 0 amide bonds. The van der Waals surface area contributed by atoms with Crippen molar-refractivity contribution >= 4 is 17.6 Å². The van der Waals surface area contributed by atoms with Gasteiger partial charge in [-0.1, -0.05) is 41.6 Å². The molecule has 1 heterocycles. The first-order chi connectivity index (χ1) is 13.6. The van der Waals surface area contributed by atoms with Crippen molar-refractivity contribution in [2.75, 3.05) is 12.8 Å². The molecule has 1 aromatic heterocycles. The number of benzene rings is 2. The van der Waals surface area contributed by atoms with Gasteiger partial charge in [-0.3, -0.25) is 0 Å². The van der Waals surface area contributed by atoms with Gasteiger partial charge >= 0.3 is 0 Å². The van der Waals surface area contributed by atoms with Gasteiger partial charge in [-0.2, -0.15) is 5.26 Å². The number of hydrogen-bond donors (Lipinski definition) is 1. The van der Waals surface area contributed by atoms with Crippen LogP contribution >= 0.6 is 11.8 Å². The van der Waals surface area contributed by atoms with Gasteiger partial charge in [0.15, 0.2) is 5.16 Å². The molecule has 0 bridgehead atoms. The molecule has 0 radical (unpaired) electrons. The number of aryl methyl sites for hydroxylation is 1. The molecule has 3 aromatic rings. The highest BCUT2D eigenvalue weighted by Gasteiger charge is 2.14. The van der Waals surface area contributed by atoms with Crippen LogP contribution in [0.3, 0.4) is 0 Å². The van der Waals surface area contributed by atoms with Gasteiger partial charge < -0.3 is 15.2 Å². The Morgan fingerprint density at radius 3 is 2.54 bits per heavy atom. The lowest BCUT2D eigenvalue weighted by Crippen LogP contribution is -2.08. The standard InChI is InChI=1S/C21H20N4O2S/c1-14-4-3-5-15(10-14)13-28-21-24-19(18(11-22)20(23)25-21)12-27-17-8-6-16(26-2)7-9-17/h3-10H,12-13H2,1-2H3,(H2,23,24,25). The summed E-state index contributed by atoms with van der Waals surface area (Å²) in [6.45, 7) is 2.18. The summed E-state index contributed by atoms with van der Waals surface area (Å²) < 4.78 is 10.9. The molecule has 28 heavy (non-hydrogen) atoms. The summed E-state index contributed by atoms with van der Waals surface area (Å²) >= 11 is 1.47. The zero-order valence-corrected chi connectivity index (χ0v) is 16.5. The van der Waals surface area contributed by atoms with Crippen LogP contribution < -0.4 is 15.2 Å². The monoisotopic (exact) mass is 392 g/mol. The van der Waals surface area contributed by atoms with E-state index in [1.165, 1.54) is 22.9 Å². The summed E-state index contributed by atoms with van der Waals surface area (Å²) in [5.41, 5.74) is 9.06. The molecule has 0 aliphatic carbocycles. The normalized spacial score (nSPS) is 10.3. The third-order valence-corrected chi connectivity index (χ3v) is 4.91. The lowest BCUT2D eigenvalue weighted by atomic mass is 10.2. The molecule has 142 valence electrons. The summed E-state index contributed by atoms with van der Waals surface area (Å²) in [6.07, 6.45) is 0. The zero-order valence-electron chi connectivity index (χ0n) is 15.7. The highest BCUT2D eigenvalue weighted by molar-refractivity contribution is 7.98. The Morgan fingerprint density at radius 1 is 1.11 bits per heavy atom. The fourth-order valence-electron chi connectivity index (χ4n) is 2.57. The maximum absolute atomic E-state index is 9.41. The van der Waals surface area contributed by atoms with Gasteiger partial charge in [-0.05, 0) is 36.8 Å². The number of nitrogens with zero attached hydrogens (tertiary/aromatic N) is 3. The van der Waals surface area contributed by atoms with E-state index in [1.54, 1.807) is 31.4 Å². The van der Waals surface area contributed by atoms with Gasteiger partial charge in [0.25, 0.3) is 0 Å². The number of nitrogen functional groups attached to an aromatic ring is 1. The number of nitrogens with two attached hydrogens (primary N) is 1. The minimum Gasteiger partial charge on any atom is -0.497 e. The van der Waals surface area contributed by atoms with Crippen LogP contribution in [0.25, 0.3) is 0 Å². The predicted octanol–water partition coefficient (Wildman–Crippen LogP) is 4.12. The molecule has 2 N–H and O–H groups in total. The molecule has 7 heteroatoms. The Morgan fingerprint density at radius 2 is 1.86 bits per heavy atom. The van der Waals surface area contributed by atoms with Crippen molar-refractivity contribution in [2.45, 2.75) is 24.4 Å². The number of ether oxygens (including phenoxy) is 2. The molecular formula is C21H20N4O2S.